The van der Waals surface area contributed by atoms with E-state index in [2.05, 4.69) is 76.0 Å². The molecule has 3 aromatic rings. The Morgan fingerprint density at radius 1 is 1.15 bits per heavy atom. The van der Waals surface area contributed by atoms with Crippen LogP contribution in [0.15, 0.2) is 18.2 Å². The summed E-state index contributed by atoms with van der Waals surface area (Å²) in [6.07, 6.45) is 2.80. The number of nitrogens with one attached hydrogen (secondary N) is 2. The third-order valence-electron chi connectivity index (χ3n) is 6.07. The Bertz CT molecular complexity index is 1130. The van der Waals surface area contributed by atoms with Crippen LogP contribution in [0.3, 0.4) is 0 Å². The van der Waals surface area contributed by atoms with Gasteiger partial charge in [-0.2, -0.15) is 0 Å². The molecular formula is C25H37N7O2. The topological polar surface area (TPSA) is 96.7 Å². The lowest BCUT2D eigenvalue weighted by Crippen LogP contribution is -2.45. The smallest absolute Gasteiger partial charge is 0.220 e. The van der Waals surface area contributed by atoms with Gasteiger partial charge in [-0.3, -0.25) is 9.20 Å². The normalized spacial score (nSPS) is 18.7. The van der Waals surface area contributed by atoms with Gasteiger partial charge in [-0.25, -0.2) is 4.98 Å². The highest BCUT2D eigenvalue weighted by Gasteiger charge is 2.23. The molecule has 0 spiro atoms. The summed E-state index contributed by atoms with van der Waals surface area (Å²) in [5.74, 6) is 2.07. The summed E-state index contributed by atoms with van der Waals surface area (Å²) in [7, 11) is 0. The molecule has 1 amide bonds. The van der Waals surface area contributed by atoms with E-state index >= 15 is 0 Å². The van der Waals surface area contributed by atoms with Gasteiger partial charge in [-0.05, 0) is 57.7 Å². The Hall–Kier alpha value is -2.94. The molecule has 2 atom stereocenters. The van der Waals surface area contributed by atoms with Crippen molar-refractivity contribution >= 4 is 34.1 Å². The molecule has 9 nitrogen and oxygen atoms in total. The number of hydrogen-bond donors (Lipinski definition) is 2. The first-order chi connectivity index (χ1) is 16.3. The highest BCUT2D eigenvalue weighted by atomic mass is 16.5. The van der Waals surface area contributed by atoms with Gasteiger partial charge in [0.1, 0.15) is 5.82 Å². The fourth-order valence-electron chi connectivity index (χ4n) is 4.60. The van der Waals surface area contributed by atoms with Gasteiger partial charge in [0, 0.05) is 38.3 Å². The molecule has 0 aliphatic carbocycles. The molecule has 1 aliphatic heterocycles. The van der Waals surface area contributed by atoms with E-state index in [1.165, 1.54) is 0 Å². The van der Waals surface area contributed by atoms with Crippen LogP contribution in [0.4, 0.5) is 11.5 Å². The van der Waals surface area contributed by atoms with E-state index in [1.807, 2.05) is 6.92 Å². The lowest BCUT2D eigenvalue weighted by molar-refractivity contribution is -0.121. The van der Waals surface area contributed by atoms with Gasteiger partial charge < -0.3 is 20.3 Å². The maximum atomic E-state index is 11.8. The minimum Gasteiger partial charge on any atom is -0.372 e. The van der Waals surface area contributed by atoms with Gasteiger partial charge in [0.2, 0.25) is 11.6 Å². The monoisotopic (exact) mass is 467 g/mol. The van der Waals surface area contributed by atoms with Gasteiger partial charge in [0.25, 0.3) is 0 Å². The minimum absolute atomic E-state index is 0.125. The van der Waals surface area contributed by atoms with Crippen molar-refractivity contribution in [1.29, 1.82) is 0 Å². The summed E-state index contributed by atoms with van der Waals surface area (Å²) in [6.45, 7) is 13.5. The highest BCUT2D eigenvalue weighted by molar-refractivity contribution is 5.85. The van der Waals surface area contributed by atoms with Crippen molar-refractivity contribution in [2.45, 2.75) is 66.1 Å². The van der Waals surface area contributed by atoms with Crippen molar-refractivity contribution in [2.24, 2.45) is 5.92 Å². The van der Waals surface area contributed by atoms with E-state index in [9.17, 15) is 4.79 Å². The van der Waals surface area contributed by atoms with Crippen molar-refractivity contribution in [1.82, 2.24) is 24.9 Å². The third-order valence-corrected chi connectivity index (χ3v) is 6.07. The quantitative estimate of drug-likeness (QED) is 0.465. The molecule has 184 valence electrons. The first-order valence-electron chi connectivity index (χ1n) is 12.4. The Morgan fingerprint density at radius 2 is 1.88 bits per heavy atom. The third kappa shape index (κ3) is 5.58. The first kappa shape index (κ1) is 24.2. The zero-order valence-electron chi connectivity index (χ0n) is 21.0. The number of aryl methyl sites for hydroxylation is 1. The van der Waals surface area contributed by atoms with E-state index in [1.54, 1.807) is 0 Å². The number of aromatic nitrogens is 4. The second-order valence-corrected chi connectivity index (χ2v) is 9.78. The molecule has 2 aromatic heterocycles. The highest BCUT2D eigenvalue weighted by Crippen LogP contribution is 2.27. The number of anilines is 2. The van der Waals surface area contributed by atoms with Gasteiger partial charge in [-0.15, -0.1) is 10.2 Å². The molecule has 9 heteroatoms. The summed E-state index contributed by atoms with van der Waals surface area (Å²) in [6, 6.07) is 6.40. The summed E-state index contributed by atoms with van der Waals surface area (Å²) < 4.78 is 7.96. The van der Waals surface area contributed by atoms with E-state index < -0.39 is 0 Å². The van der Waals surface area contributed by atoms with Crippen LogP contribution in [0.25, 0.3) is 16.7 Å². The Labute approximate surface area is 201 Å². The van der Waals surface area contributed by atoms with Crippen molar-refractivity contribution in [3.8, 4) is 0 Å². The predicted octanol–water partition coefficient (Wildman–Crippen LogP) is 3.55. The second-order valence-electron chi connectivity index (χ2n) is 9.78. The Kier molecular flexibility index (Phi) is 7.50. The second kappa shape index (κ2) is 10.5. The van der Waals surface area contributed by atoms with Gasteiger partial charge in [0.05, 0.1) is 23.2 Å². The molecule has 0 bridgehead atoms. The molecule has 2 N–H and O–H groups in total. The van der Waals surface area contributed by atoms with Crippen LogP contribution < -0.4 is 15.5 Å². The predicted molar refractivity (Wildman–Crippen MR) is 135 cm³/mol. The van der Waals surface area contributed by atoms with E-state index in [4.69, 9.17) is 9.72 Å². The van der Waals surface area contributed by atoms with Gasteiger partial charge >= 0.3 is 0 Å². The lowest BCUT2D eigenvalue weighted by Gasteiger charge is -2.36. The van der Waals surface area contributed by atoms with Gasteiger partial charge in [0.15, 0.2) is 5.82 Å². The van der Waals surface area contributed by atoms with Crippen molar-refractivity contribution in [3.05, 3.63) is 24.0 Å². The molecular weight excluding hydrogens is 430 g/mol. The Morgan fingerprint density at radius 3 is 2.62 bits per heavy atom. The number of fused-ring (bicyclic) bond motifs is 3. The maximum absolute atomic E-state index is 11.8. The number of amides is 1. The number of carbonyl (C=O) groups is 1. The van der Waals surface area contributed by atoms with E-state index in [-0.39, 0.29) is 18.1 Å². The van der Waals surface area contributed by atoms with Gasteiger partial charge in [-0.1, -0.05) is 13.8 Å². The average Bonchev–Trinajstić information content (AvgIpc) is 3.16. The number of morpholine rings is 1. The molecule has 0 saturated carbocycles. The summed E-state index contributed by atoms with van der Waals surface area (Å²) in [4.78, 5) is 19.1. The molecule has 4 rings (SSSR count). The number of nitrogens with zero attached hydrogens (tertiary/aromatic N) is 5. The van der Waals surface area contributed by atoms with Crippen molar-refractivity contribution in [2.75, 3.05) is 36.4 Å². The van der Waals surface area contributed by atoms with Crippen LogP contribution >= 0.6 is 0 Å². The molecule has 1 saturated heterocycles. The summed E-state index contributed by atoms with van der Waals surface area (Å²) in [5.41, 5.74) is 3.78. The molecule has 34 heavy (non-hydrogen) atoms. The van der Waals surface area contributed by atoms with E-state index in [0.717, 1.165) is 66.5 Å². The van der Waals surface area contributed by atoms with Crippen LogP contribution in [0.2, 0.25) is 0 Å². The fraction of sp³-hybridized carbons (Fsp3) is 0.600. The molecule has 2 unspecified atom stereocenters. The summed E-state index contributed by atoms with van der Waals surface area (Å²) in [5, 5.41) is 15.1. The maximum Gasteiger partial charge on any atom is 0.220 e. The van der Waals surface area contributed by atoms with Crippen molar-refractivity contribution < 1.29 is 9.53 Å². The van der Waals surface area contributed by atoms with Crippen LogP contribution in [0, 0.1) is 12.8 Å². The molecule has 1 fully saturated rings. The minimum atomic E-state index is 0.125. The number of ether oxygens (including phenoxy) is 1. The van der Waals surface area contributed by atoms with E-state index in [0.29, 0.717) is 18.9 Å². The summed E-state index contributed by atoms with van der Waals surface area (Å²) >= 11 is 0. The standard InChI is InChI=1S/C25H37N7O2/c1-16(2)12-23(33)26-10-6-7-11-27-24-25-30-29-19(5)32(25)22-9-8-20(13-21(22)28-24)31-14-17(3)34-18(4)15-31/h8-9,13,16-18H,6-7,10-12,14-15H2,1-5H3,(H,26,33)(H,27,28). The SMILES string of the molecule is Cc1nnc2c(NCCCCNC(=O)CC(C)C)nc3cc(N4CC(C)OC(C)C4)ccc3n12. The fourth-order valence-corrected chi connectivity index (χ4v) is 4.60. The molecule has 1 aliphatic rings. The lowest BCUT2D eigenvalue weighted by atomic mass is 10.1. The van der Waals surface area contributed by atoms with Crippen LogP contribution in [0.5, 0.6) is 0 Å². The largest absolute Gasteiger partial charge is 0.372 e. The molecule has 0 radical (unpaired) electrons. The number of carbonyl (C=O) groups excluding carboxylic acids is 1. The number of unbranched alkanes of at least 4 members (excludes halogenated alkanes) is 1. The number of hydrogen-bond acceptors (Lipinski definition) is 7. The van der Waals surface area contributed by atoms with Crippen LogP contribution in [-0.2, 0) is 9.53 Å². The Balaban J connectivity index is 1.47. The zero-order valence-corrected chi connectivity index (χ0v) is 21.0. The van der Waals surface area contributed by atoms with Crippen LogP contribution in [-0.4, -0.2) is 63.9 Å². The first-order valence-corrected chi connectivity index (χ1v) is 12.4. The van der Waals surface area contributed by atoms with Crippen molar-refractivity contribution in [3.63, 3.8) is 0 Å². The zero-order chi connectivity index (χ0) is 24.2. The molecule has 3 heterocycles. The number of rotatable bonds is 9. The molecule has 1 aromatic carbocycles. The average molecular weight is 468 g/mol. The number of benzene rings is 1. The van der Waals surface area contributed by atoms with Crippen LogP contribution in [0.1, 0.15) is 52.8 Å².